The summed E-state index contributed by atoms with van der Waals surface area (Å²) in [6, 6.07) is 6.05. The number of nitrogens with one attached hydrogen (secondary N) is 1. The highest BCUT2D eigenvalue weighted by Crippen LogP contribution is 2.31. The SMILES string of the molecule is NNC(Cc1cccc(Cl)c1Cl)CC1CCCC1. The molecule has 18 heavy (non-hydrogen) atoms. The van der Waals surface area contributed by atoms with Crippen molar-refractivity contribution < 1.29 is 0 Å². The lowest BCUT2D eigenvalue weighted by molar-refractivity contribution is 0.389. The van der Waals surface area contributed by atoms with Crippen LogP contribution in [0, 0.1) is 5.92 Å². The van der Waals surface area contributed by atoms with E-state index < -0.39 is 0 Å². The summed E-state index contributed by atoms with van der Waals surface area (Å²) < 4.78 is 0. The van der Waals surface area contributed by atoms with Crippen LogP contribution < -0.4 is 11.3 Å². The summed E-state index contributed by atoms with van der Waals surface area (Å²) in [6.45, 7) is 0. The molecular formula is C14H20Cl2N2. The van der Waals surface area contributed by atoms with E-state index in [2.05, 4.69) is 5.43 Å². The molecule has 1 saturated carbocycles. The molecule has 2 nitrogen and oxygen atoms in total. The molecule has 0 amide bonds. The third-order valence-electron chi connectivity index (χ3n) is 3.83. The van der Waals surface area contributed by atoms with Crippen LogP contribution in [0.25, 0.3) is 0 Å². The third kappa shape index (κ3) is 3.61. The van der Waals surface area contributed by atoms with Gasteiger partial charge in [0.15, 0.2) is 0 Å². The Kier molecular flexibility index (Phi) is 5.31. The zero-order valence-corrected chi connectivity index (χ0v) is 12.0. The Bertz CT molecular complexity index is 389. The molecule has 100 valence electrons. The summed E-state index contributed by atoms with van der Waals surface area (Å²) in [5.74, 6) is 6.47. The fourth-order valence-electron chi connectivity index (χ4n) is 2.83. The maximum atomic E-state index is 6.21. The Morgan fingerprint density at radius 2 is 2.00 bits per heavy atom. The van der Waals surface area contributed by atoms with Crippen LogP contribution in [0.5, 0.6) is 0 Å². The van der Waals surface area contributed by atoms with E-state index in [1.807, 2.05) is 18.2 Å². The van der Waals surface area contributed by atoms with Gasteiger partial charge in [-0.2, -0.15) is 0 Å². The molecule has 1 aromatic rings. The third-order valence-corrected chi connectivity index (χ3v) is 4.68. The van der Waals surface area contributed by atoms with Crippen molar-refractivity contribution in [1.29, 1.82) is 0 Å². The van der Waals surface area contributed by atoms with Crippen molar-refractivity contribution in [2.24, 2.45) is 11.8 Å². The summed E-state index contributed by atoms with van der Waals surface area (Å²) in [5.41, 5.74) is 4.00. The molecule has 0 heterocycles. The van der Waals surface area contributed by atoms with Gasteiger partial charge in [0.2, 0.25) is 0 Å². The molecule has 3 N–H and O–H groups in total. The molecule has 1 aliphatic rings. The minimum absolute atomic E-state index is 0.282. The van der Waals surface area contributed by atoms with Crippen LogP contribution in [0.3, 0.4) is 0 Å². The van der Waals surface area contributed by atoms with E-state index in [1.54, 1.807) is 0 Å². The van der Waals surface area contributed by atoms with Crippen LogP contribution in [0.15, 0.2) is 18.2 Å². The van der Waals surface area contributed by atoms with Crippen LogP contribution in [-0.2, 0) is 6.42 Å². The Hall–Kier alpha value is -0.280. The van der Waals surface area contributed by atoms with Crippen molar-refractivity contribution in [3.63, 3.8) is 0 Å². The van der Waals surface area contributed by atoms with Crippen molar-refractivity contribution in [3.05, 3.63) is 33.8 Å². The molecule has 1 atom stereocenters. The zero-order chi connectivity index (χ0) is 13.0. The van der Waals surface area contributed by atoms with Crippen molar-refractivity contribution in [3.8, 4) is 0 Å². The molecule has 2 rings (SSSR count). The number of benzene rings is 1. The highest BCUT2D eigenvalue weighted by molar-refractivity contribution is 6.42. The quantitative estimate of drug-likeness (QED) is 0.635. The molecule has 4 heteroatoms. The van der Waals surface area contributed by atoms with Gasteiger partial charge in [-0.05, 0) is 30.4 Å². The molecular weight excluding hydrogens is 267 g/mol. The van der Waals surface area contributed by atoms with E-state index in [0.717, 1.165) is 24.3 Å². The van der Waals surface area contributed by atoms with Gasteiger partial charge in [-0.25, -0.2) is 0 Å². The fraction of sp³-hybridized carbons (Fsp3) is 0.571. The monoisotopic (exact) mass is 286 g/mol. The Balaban J connectivity index is 1.98. The summed E-state index contributed by atoms with van der Waals surface area (Å²) >= 11 is 12.2. The second kappa shape index (κ2) is 6.76. The predicted molar refractivity (Wildman–Crippen MR) is 77.9 cm³/mol. The van der Waals surface area contributed by atoms with Gasteiger partial charge in [0, 0.05) is 6.04 Å². The smallest absolute Gasteiger partial charge is 0.0624 e. The van der Waals surface area contributed by atoms with Gasteiger partial charge in [-0.3, -0.25) is 11.3 Å². The van der Waals surface area contributed by atoms with Gasteiger partial charge in [0.25, 0.3) is 0 Å². The zero-order valence-electron chi connectivity index (χ0n) is 10.5. The highest BCUT2D eigenvalue weighted by Gasteiger charge is 2.20. The minimum Gasteiger partial charge on any atom is -0.271 e. The van der Waals surface area contributed by atoms with Crippen molar-refractivity contribution in [1.82, 2.24) is 5.43 Å². The molecule has 0 aromatic heterocycles. The average Bonchev–Trinajstić information content (AvgIpc) is 2.86. The summed E-state index contributed by atoms with van der Waals surface area (Å²) in [7, 11) is 0. The first-order valence-corrected chi connectivity index (χ1v) is 7.35. The molecule has 0 spiro atoms. The molecule has 0 radical (unpaired) electrons. The minimum atomic E-state index is 0.282. The standard InChI is InChI=1S/C14H20Cl2N2/c15-13-7-3-6-11(14(13)16)9-12(18-17)8-10-4-1-2-5-10/h3,6-7,10,12,18H,1-2,4-5,8-9,17H2. The van der Waals surface area contributed by atoms with Crippen LogP contribution in [0.4, 0.5) is 0 Å². The lowest BCUT2D eigenvalue weighted by Crippen LogP contribution is -2.38. The number of nitrogens with two attached hydrogens (primary N) is 1. The Labute approximate surface area is 119 Å². The molecule has 0 aliphatic heterocycles. The lowest BCUT2D eigenvalue weighted by atomic mass is 9.94. The van der Waals surface area contributed by atoms with Crippen molar-refractivity contribution in [2.45, 2.75) is 44.6 Å². The van der Waals surface area contributed by atoms with E-state index in [1.165, 1.54) is 25.7 Å². The molecule has 0 saturated heterocycles. The second-order valence-corrected chi connectivity index (χ2v) is 5.95. The topological polar surface area (TPSA) is 38.0 Å². The van der Waals surface area contributed by atoms with E-state index in [9.17, 15) is 0 Å². The van der Waals surface area contributed by atoms with Crippen molar-refractivity contribution >= 4 is 23.2 Å². The average molecular weight is 287 g/mol. The highest BCUT2D eigenvalue weighted by atomic mass is 35.5. The maximum absolute atomic E-state index is 6.21. The first-order chi connectivity index (χ1) is 8.70. The summed E-state index contributed by atoms with van der Waals surface area (Å²) in [6.07, 6.45) is 7.36. The van der Waals surface area contributed by atoms with Crippen LogP contribution in [0.1, 0.15) is 37.7 Å². The van der Waals surface area contributed by atoms with Crippen LogP contribution in [-0.4, -0.2) is 6.04 Å². The Morgan fingerprint density at radius 1 is 1.28 bits per heavy atom. The van der Waals surface area contributed by atoms with E-state index in [-0.39, 0.29) is 6.04 Å². The van der Waals surface area contributed by atoms with E-state index in [0.29, 0.717) is 10.0 Å². The van der Waals surface area contributed by atoms with Gasteiger partial charge in [0.05, 0.1) is 10.0 Å². The van der Waals surface area contributed by atoms with Crippen LogP contribution in [0.2, 0.25) is 10.0 Å². The lowest BCUT2D eigenvalue weighted by Gasteiger charge is -2.20. The van der Waals surface area contributed by atoms with Gasteiger partial charge in [-0.1, -0.05) is 61.0 Å². The molecule has 1 aromatic carbocycles. The first kappa shape index (κ1) is 14.1. The molecule has 1 unspecified atom stereocenters. The fourth-order valence-corrected chi connectivity index (χ4v) is 3.23. The number of rotatable bonds is 5. The first-order valence-electron chi connectivity index (χ1n) is 6.59. The summed E-state index contributed by atoms with van der Waals surface area (Å²) in [4.78, 5) is 0. The normalized spacial score (nSPS) is 18.2. The van der Waals surface area contributed by atoms with E-state index in [4.69, 9.17) is 29.0 Å². The van der Waals surface area contributed by atoms with Gasteiger partial charge in [-0.15, -0.1) is 0 Å². The van der Waals surface area contributed by atoms with Gasteiger partial charge >= 0.3 is 0 Å². The molecule has 1 fully saturated rings. The van der Waals surface area contributed by atoms with Crippen LogP contribution >= 0.6 is 23.2 Å². The van der Waals surface area contributed by atoms with Crippen molar-refractivity contribution in [2.75, 3.05) is 0 Å². The predicted octanol–water partition coefficient (Wildman–Crippen LogP) is 3.95. The number of halogens is 2. The number of hydrazine groups is 1. The number of hydrogen-bond donors (Lipinski definition) is 2. The number of hydrogen-bond acceptors (Lipinski definition) is 2. The Morgan fingerprint density at radius 3 is 2.67 bits per heavy atom. The van der Waals surface area contributed by atoms with Gasteiger partial charge in [0.1, 0.15) is 0 Å². The van der Waals surface area contributed by atoms with Gasteiger partial charge < -0.3 is 0 Å². The largest absolute Gasteiger partial charge is 0.271 e. The maximum Gasteiger partial charge on any atom is 0.0624 e. The molecule has 0 bridgehead atoms. The van der Waals surface area contributed by atoms with E-state index >= 15 is 0 Å². The molecule has 1 aliphatic carbocycles. The summed E-state index contributed by atoms with van der Waals surface area (Å²) in [5, 5.41) is 1.27. The second-order valence-electron chi connectivity index (χ2n) is 5.17.